The van der Waals surface area contributed by atoms with E-state index in [0.29, 0.717) is 5.02 Å². The Morgan fingerprint density at radius 2 is 2.13 bits per heavy atom. The summed E-state index contributed by atoms with van der Waals surface area (Å²) in [5.74, 6) is -0.140. The predicted octanol–water partition coefficient (Wildman–Crippen LogP) is 3.30. The van der Waals surface area contributed by atoms with Crippen LogP contribution in [0.2, 0.25) is 5.02 Å². The van der Waals surface area contributed by atoms with Gasteiger partial charge in [0.15, 0.2) is 0 Å². The van der Waals surface area contributed by atoms with Crippen molar-refractivity contribution in [2.24, 2.45) is 0 Å². The van der Waals surface area contributed by atoms with Gasteiger partial charge in [0, 0.05) is 10.9 Å². The van der Waals surface area contributed by atoms with Gasteiger partial charge in [0.05, 0.1) is 0 Å². The zero-order valence-corrected chi connectivity index (χ0v) is 8.78. The standard InChI is InChI=1S/C11H11ClO3/c1-2-8(7-15-11(13)14)9-3-5-10(12)6-4-9/h2-6,8H,1,7H2,(H,13,14). The number of carbonyl (C=O) groups is 1. The Labute approximate surface area is 92.9 Å². The molecular formula is C11H11ClO3. The lowest BCUT2D eigenvalue weighted by molar-refractivity contribution is 0.0894. The van der Waals surface area contributed by atoms with Gasteiger partial charge in [-0.1, -0.05) is 29.8 Å². The van der Waals surface area contributed by atoms with Gasteiger partial charge in [0.1, 0.15) is 6.61 Å². The first-order valence-corrected chi connectivity index (χ1v) is 4.75. The van der Waals surface area contributed by atoms with Crippen LogP contribution in [0.5, 0.6) is 0 Å². The Morgan fingerprint density at radius 1 is 1.53 bits per heavy atom. The molecule has 0 aliphatic rings. The molecule has 0 amide bonds. The highest BCUT2D eigenvalue weighted by molar-refractivity contribution is 6.30. The topological polar surface area (TPSA) is 46.5 Å². The summed E-state index contributed by atoms with van der Waals surface area (Å²) in [7, 11) is 0. The van der Waals surface area contributed by atoms with Crippen LogP contribution in [0.3, 0.4) is 0 Å². The van der Waals surface area contributed by atoms with E-state index in [-0.39, 0.29) is 12.5 Å². The molecule has 0 fully saturated rings. The van der Waals surface area contributed by atoms with Crippen molar-refractivity contribution < 1.29 is 14.6 Å². The molecule has 0 saturated carbocycles. The van der Waals surface area contributed by atoms with Crippen LogP contribution in [0.1, 0.15) is 11.5 Å². The number of carboxylic acid groups (broad SMARTS) is 1. The van der Waals surface area contributed by atoms with Crippen LogP contribution in [0.4, 0.5) is 4.79 Å². The third kappa shape index (κ3) is 3.64. The molecule has 80 valence electrons. The van der Waals surface area contributed by atoms with Gasteiger partial charge >= 0.3 is 6.16 Å². The van der Waals surface area contributed by atoms with Crippen LogP contribution >= 0.6 is 11.6 Å². The van der Waals surface area contributed by atoms with Gasteiger partial charge in [-0.25, -0.2) is 4.79 Å². The molecule has 15 heavy (non-hydrogen) atoms. The molecule has 1 rings (SSSR count). The molecule has 0 spiro atoms. The lowest BCUT2D eigenvalue weighted by atomic mass is 10.0. The van der Waals surface area contributed by atoms with E-state index in [2.05, 4.69) is 11.3 Å². The predicted molar refractivity (Wildman–Crippen MR) is 58.4 cm³/mol. The van der Waals surface area contributed by atoms with Crippen LogP contribution in [0.25, 0.3) is 0 Å². The normalized spacial score (nSPS) is 11.8. The summed E-state index contributed by atoms with van der Waals surface area (Å²) in [5.41, 5.74) is 0.927. The van der Waals surface area contributed by atoms with Crippen molar-refractivity contribution in [3.8, 4) is 0 Å². The highest BCUT2D eigenvalue weighted by Gasteiger charge is 2.09. The van der Waals surface area contributed by atoms with Crippen LogP contribution in [-0.4, -0.2) is 17.9 Å². The summed E-state index contributed by atoms with van der Waals surface area (Å²) in [5, 5.41) is 9.01. The number of benzene rings is 1. The van der Waals surface area contributed by atoms with E-state index >= 15 is 0 Å². The molecule has 1 N–H and O–H groups in total. The van der Waals surface area contributed by atoms with Gasteiger partial charge in [-0.2, -0.15) is 0 Å². The maximum atomic E-state index is 10.2. The third-order valence-electron chi connectivity index (χ3n) is 1.97. The summed E-state index contributed by atoms with van der Waals surface area (Å²) in [6.07, 6.45) is 0.363. The summed E-state index contributed by atoms with van der Waals surface area (Å²) < 4.78 is 4.49. The fraction of sp³-hybridized carbons (Fsp3) is 0.182. The van der Waals surface area contributed by atoms with Crippen molar-refractivity contribution in [1.82, 2.24) is 0 Å². The Hall–Kier alpha value is -1.48. The van der Waals surface area contributed by atoms with E-state index in [0.717, 1.165) is 5.56 Å². The van der Waals surface area contributed by atoms with Gasteiger partial charge in [-0.15, -0.1) is 6.58 Å². The largest absolute Gasteiger partial charge is 0.505 e. The second-order valence-electron chi connectivity index (χ2n) is 2.97. The number of hydrogen-bond donors (Lipinski definition) is 1. The molecule has 0 radical (unpaired) electrons. The quantitative estimate of drug-likeness (QED) is 0.633. The summed E-state index contributed by atoms with van der Waals surface area (Å²) in [6, 6.07) is 7.13. The smallest absolute Gasteiger partial charge is 0.450 e. The van der Waals surface area contributed by atoms with Crippen molar-refractivity contribution in [2.45, 2.75) is 5.92 Å². The first-order chi connectivity index (χ1) is 7.13. The van der Waals surface area contributed by atoms with E-state index in [1.54, 1.807) is 18.2 Å². The molecule has 1 unspecified atom stereocenters. The second-order valence-corrected chi connectivity index (χ2v) is 3.41. The van der Waals surface area contributed by atoms with Crippen LogP contribution < -0.4 is 0 Å². The summed E-state index contributed by atoms with van der Waals surface area (Å²) in [4.78, 5) is 10.2. The molecule has 0 aliphatic heterocycles. The zero-order valence-electron chi connectivity index (χ0n) is 8.02. The van der Waals surface area contributed by atoms with Gasteiger partial charge < -0.3 is 9.84 Å². The second kappa shape index (κ2) is 5.41. The minimum Gasteiger partial charge on any atom is -0.450 e. The van der Waals surface area contributed by atoms with Crippen LogP contribution in [0.15, 0.2) is 36.9 Å². The minimum atomic E-state index is -1.28. The minimum absolute atomic E-state index is 0.0699. The Balaban J connectivity index is 2.69. The molecule has 0 aromatic heterocycles. The van der Waals surface area contributed by atoms with Crippen molar-refractivity contribution in [2.75, 3.05) is 6.61 Å². The fourth-order valence-corrected chi connectivity index (χ4v) is 1.30. The zero-order chi connectivity index (χ0) is 11.3. The van der Waals surface area contributed by atoms with Crippen molar-refractivity contribution >= 4 is 17.8 Å². The van der Waals surface area contributed by atoms with Gasteiger partial charge in [0.2, 0.25) is 0 Å². The van der Waals surface area contributed by atoms with Gasteiger partial charge in [0.25, 0.3) is 0 Å². The number of rotatable bonds is 4. The SMILES string of the molecule is C=CC(COC(=O)O)c1ccc(Cl)cc1. The molecular weight excluding hydrogens is 216 g/mol. The average Bonchev–Trinajstić information content (AvgIpc) is 2.21. The lowest BCUT2D eigenvalue weighted by Crippen LogP contribution is -2.09. The van der Waals surface area contributed by atoms with Crippen molar-refractivity contribution in [3.05, 3.63) is 47.5 Å². The van der Waals surface area contributed by atoms with Crippen LogP contribution in [-0.2, 0) is 4.74 Å². The van der Waals surface area contributed by atoms with E-state index in [9.17, 15) is 4.79 Å². The first-order valence-electron chi connectivity index (χ1n) is 4.37. The van der Waals surface area contributed by atoms with Crippen LogP contribution in [0, 0.1) is 0 Å². The third-order valence-corrected chi connectivity index (χ3v) is 2.22. The van der Waals surface area contributed by atoms with E-state index in [1.165, 1.54) is 0 Å². The fourth-order valence-electron chi connectivity index (χ4n) is 1.17. The maximum absolute atomic E-state index is 10.2. The highest BCUT2D eigenvalue weighted by Crippen LogP contribution is 2.19. The van der Waals surface area contributed by atoms with Crippen molar-refractivity contribution in [1.29, 1.82) is 0 Å². The molecule has 0 heterocycles. The van der Waals surface area contributed by atoms with E-state index < -0.39 is 6.16 Å². The van der Waals surface area contributed by atoms with E-state index in [1.807, 2.05) is 12.1 Å². The average molecular weight is 227 g/mol. The molecule has 0 saturated heterocycles. The molecule has 1 atom stereocenters. The molecule has 0 aliphatic carbocycles. The Morgan fingerprint density at radius 3 is 2.60 bits per heavy atom. The van der Waals surface area contributed by atoms with Gasteiger partial charge in [-0.05, 0) is 17.7 Å². The molecule has 1 aromatic carbocycles. The Bertz CT molecular complexity index is 345. The highest BCUT2D eigenvalue weighted by atomic mass is 35.5. The monoisotopic (exact) mass is 226 g/mol. The first kappa shape index (κ1) is 11.6. The molecule has 3 nitrogen and oxygen atoms in total. The summed E-state index contributed by atoms with van der Waals surface area (Å²) in [6.45, 7) is 3.70. The molecule has 4 heteroatoms. The lowest BCUT2D eigenvalue weighted by Gasteiger charge is -2.11. The van der Waals surface area contributed by atoms with E-state index in [4.69, 9.17) is 16.7 Å². The van der Waals surface area contributed by atoms with Gasteiger partial charge in [-0.3, -0.25) is 0 Å². The Kier molecular flexibility index (Phi) is 4.18. The summed E-state index contributed by atoms with van der Waals surface area (Å²) >= 11 is 5.74. The number of hydrogen-bond acceptors (Lipinski definition) is 2. The molecule has 1 aromatic rings. The van der Waals surface area contributed by atoms with Crippen molar-refractivity contribution in [3.63, 3.8) is 0 Å². The maximum Gasteiger partial charge on any atom is 0.505 e. The molecule has 0 bridgehead atoms. The number of ether oxygens (including phenoxy) is 1. The number of halogens is 1.